The minimum Gasteiger partial charge on any atom is -0.330 e. The third kappa shape index (κ3) is 5.33. The fourth-order valence-electron chi connectivity index (χ4n) is 2.30. The van der Waals surface area contributed by atoms with Crippen LogP contribution in [0.1, 0.15) is 45.2 Å². The second-order valence-electron chi connectivity index (χ2n) is 6.65. The van der Waals surface area contributed by atoms with E-state index in [9.17, 15) is 0 Å². The first kappa shape index (κ1) is 16.2. The Labute approximate surface area is 119 Å². The van der Waals surface area contributed by atoms with Gasteiger partial charge in [0, 0.05) is 13.1 Å². The van der Waals surface area contributed by atoms with Crippen LogP contribution in [0, 0.1) is 5.92 Å². The van der Waals surface area contributed by atoms with E-state index in [1.54, 1.807) is 0 Å². The maximum absolute atomic E-state index is 5.77. The number of hydrogen-bond acceptors (Lipinski definition) is 2. The summed E-state index contributed by atoms with van der Waals surface area (Å²) < 4.78 is 0. The molecule has 0 aliphatic carbocycles. The molecule has 0 aliphatic heterocycles. The van der Waals surface area contributed by atoms with Gasteiger partial charge in [-0.1, -0.05) is 58.4 Å². The van der Waals surface area contributed by atoms with E-state index in [2.05, 4.69) is 63.9 Å². The Morgan fingerprint density at radius 1 is 1.16 bits per heavy atom. The Morgan fingerprint density at radius 2 is 1.74 bits per heavy atom. The molecular weight excluding hydrogens is 232 g/mol. The van der Waals surface area contributed by atoms with Crippen molar-refractivity contribution >= 4 is 0 Å². The molecule has 1 aromatic rings. The molecule has 2 heteroatoms. The molecule has 0 saturated carbocycles. The third-order valence-electron chi connectivity index (χ3n) is 3.75. The van der Waals surface area contributed by atoms with Crippen molar-refractivity contribution in [2.24, 2.45) is 11.7 Å². The summed E-state index contributed by atoms with van der Waals surface area (Å²) in [5, 5.41) is 0. The van der Waals surface area contributed by atoms with E-state index in [0.717, 1.165) is 26.1 Å². The molecule has 0 heterocycles. The minimum absolute atomic E-state index is 0.233. The summed E-state index contributed by atoms with van der Waals surface area (Å²) >= 11 is 0. The highest BCUT2D eigenvalue weighted by atomic mass is 15.1. The van der Waals surface area contributed by atoms with Crippen LogP contribution >= 0.6 is 0 Å². The highest BCUT2D eigenvalue weighted by Crippen LogP contribution is 2.22. The Kier molecular flexibility index (Phi) is 6.02. The molecule has 0 radical (unpaired) electrons. The number of nitrogens with two attached hydrogens (primary N) is 1. The monoisotopic (exact) mass is 262 g/mol. The topological polar surface area (TPSA) is 29.3 Å². The van der Waals surface area contributed by atoms with Crippen LogP contribution in [-0.2, 0) is 12.0 Å². The lowest BCUT2D eigenvalue weighted by Gasteiger charge is -2.23. The van der Waals surface area contributed by atoms with Crippen LogP contribution in [-0.4, -0.2) is 25.0 Å². The highest BCUT2D eigenvalue weighted by Gasteiger charge is 2.13. The van der Waals surface area contributed by atoms with Gasteiger partial charge in [0.15, 0.2) is 0 Å². The van der Waals surface area contributed by atoms with Gasteiger partial charge in [0.1, 0.15) is 0 Å². The summed E-state index contributed by atoms with van der Waals surface area (Å²) in [7, 11) is 2.18. The first-order valence-corrected chi connectivity index (χ1v) is 7.34. The summed E-state index contributed by atoms with van der Waals surface area (Å²) in [5.74, 6) is 0.610. The molecule has 0 aliphatic rings. The van der Waals surface area contributed by atoms with Gasteiger partial charge in [-0.25, -0.2) is 0 Å². The van der Waals surface area contributed by atoms with E-state index in [1.807, 2.05) is 0 Å². The Balaban J connectivity index is 2.58. The molecule has 1 rings (SSSR count). The van der Waals surface area contributed by atoms with Gasteiger partial charge >= 0.3 is 0 Å². The van der Waals surface area contributed by atoms with Crippen LogP contribution < -0.4 is 5.73 Å². The summed E-state index contributed by atoms with van der Waals surface area (Å²) in [6, 6.07) is 9.01. The van der Waals surface area contributed by atoms with Crippen LogP contribution in [0.2, 0.25) is 0 Å². The van der Waals surface area contributed by atoms with Gasteiger partial charge in [0.05, 0.1) is 0 Å². The van der Waals surface area contributed by atoms with Crippen molar-refractivity contribution in [1.82, 2.24) is 4.90 Å². The van der Waals surface area contributed by atoms with E-state index < -0.39 is 0 Å². The van der Waals surface area contributed by atoms with Crippen LogP contribution in [0.25, 0.3) is 0 Å². The molecule has 1 unspecified atom stereocenters. The summed E-state index contributed by atoms with van der Waals surface area (Å²) in [4.78, 5) is 2.37. The zero-order chi connectivity index (χ0) is 14.5. The molecular formula is C17H30N2. The normalized spacial score (nSPS) is 13.8. The molecule has 2 N–H and O–H groups in total. The second-order valence-corrected chi connectivity index (χ2v) is 6.65. The zero-order valence-electron chi connectivity index (χ0n) is 13.2. The van der Waals surface area contributed by atoms with Gasteiger partial charge in [-0.3, -0.25) is 0 Å². The predicted molar refractivity (Wildman–Crippen MR) is 84.3 cm³/mol. The smallest absolute Gasteiger partial charge is 0.0230 e. The standard InChI is InChI=1S/C17H30N2/c1-6-14(11-18)12-19(5)13-15-7-9-16(10-8-15)17(2,3)4/h7-10,14H,6,11-13,18H2,1-5H3. The summed E-state index contributed by atoms with van der Waals surface area (Å²) in [6.07, 6.45) is 1.16. The van der Waals surface area contributed by atoms with Crippen molar-refractivity contribution in [2.45, 2.75) is 46.1 Å². The fourth-order valence-corrected chi connectivity index (χ4v) is 2.30. The Bertz CT molecular complexity index is 358. The van der Waals surface area contributed by atoms with Crippen LogP contribution in [0.15, 0.2) is 24.3 Å². The molecule has 1 atom stereocenters. The van der Waals surface area contributed by atoms with Crippen molar-refractivity contribution < 1.29 is 0 Å². The van der Waals surface area contributed by atoms with Crippen molar-refractivity contribution in [2.75, 3.05) is 20.1 Å². The molecule has 108 valence electrons. The van der Waals surface area contributed by atoms with Gasteiger partial charge in [0.25, 0.3) is 0 Å². The van der Waals surface area contributed by atoms with Gasteiger partial charge in [-0.05, 0) is 36.1 Å². The van der Waals surface area contributed by atoms with Crippen molar-refractivity contribution in [1.29, 1.82) is 0 Å². The van der Waals surface area contributed by atoms with E-state index in [4.69, 9.17) is 5.73 Å². The molecule has 1 aromatic carbocycles. The number of nitrogens with zero attached hydrogens (tertiary/aromatic N) is 1. The Morgan fingerprint density at radius 3 is 2.16 bits per heavy atom. The number of hydrogen-bond donors (Lipinski definition) is 1. The van der Waals surface area contributed by atoms with E-state index >= 15 is 0 Å². The van der Waals surface area contributed by atoms with Gasteiger partial charge in [-0.15, -0.1) is 0 Å². The lowest BCUT2D eigenvalue weighted by Crippen LogP contribution is -2.29. The first-order chi connectivity index (χ1) is 8.86. The summed E-state index contributed by atoms with van der Waals surface area (Å²) in [5.41, 5.74) is 8.77. The molecule has 0 bridgehead atoms. The summed E-state index contributed by atoms with van der Waals surface area (Å²) in [6.45, 7) is 11.8. The van der Waals surface area contributed by atoms with Crippen LogP contribution in [0.5, 0.6) is 0 Å². The second kappa shape index (κ2) is 7.06. The maximum Gasteiger partial charge on any atom is 0.0230 e. The van der Waals surface area contributed by atoms with E-state index in [0.29, 0.717) is 5.92 Å². The van der Waals surface area contributed by atoms with Crippen molar-refractivity contribution in [3.05, 3.63) is 35.4 Å². The fraction of sp³-hybridized carbons (Fsp3) is 0.647. The van der Waals surface area contributed by atoms with Gasteiger partial charge < -0.3 is 10.6 Å². The lowest BCUT2D eigenvalue weighted by molar-refractivity contribution is 0.268. The molecule has 2 nitrogen and oxygen atoms in total. The lowest BCUT2D eigenvalue weighted by atomic mass is 9.87. The minimum atomic E-state index is 0.233. The largest absolute Gasteiger partial charge is 0.330 e. The SMILES string of the molecule is CCC(CN)CN(C)Cc1ccc(C(C)(C)C)cc1. The number of benzene rings is 1. The maximum atomic E-state index is 5.77. The molecule has 0 spiro atoms. The molecule has 19 heavy (non-hydrogen) atoms. The third-order valence-corrected chi connectivity index (χ3v) is 3.75. The van der Waals surface area contributed by atoms with E-state index in [1.165, 1.54) is 11.1 Å². The zero-order valence-corrected chi connectivity index (χ0v) is 13.2. The van der Waals surface area contributed by atoms with Gasteiger partial charge in [-0.2, -0.15) is 0 Å². The van der Waals surface area contributed by atoms with Crippen LogP contribution in [0.3, 0.4) is 0 Å². The van der Waals surface area contributed by atoms with Gasteiger partial charge in [0.2, 0.25) is 0 Å². The number of rotatable bonds is 6. The van der Waals surface area contributed by atoms with E-state index in [-0.39, 0.29) is 5.41 Å². The van der Waals surface area contributed by atoms with Crippen molar-refractivity contribution in [3.8, 4) is 0 Å². The quantitative estimate of drug-likeness (QED) is 0.851. The average molecular weight is 262 g/mol. The Hall–Kier alpha value is -0.860. The molecule has 0 fully saturated rings. The molecule has 0 amide bonds. The predicted octanol–water partition coefficient (Wildman–Crippen LogP) is 3.40. The highest BCUT2D eigenvalue weighted by molar-refractivity contribution is 5.27. The average Bonchev–Trinajstić information content (AvgIpc) is 2.35. The molecule has 0 saturated heterocycles. The first-order valence-electron chi connectivity index (χ1n) is 7.34. The van der Waals surface area contributed by atoms with Crippen LogP contribution in [0.4, 0.5) is 0 Å². The molecule has 0 aromatic heterocycles. The van der Waals surface area contributed by atoms with Crippen molar-refractivity contribution in [3.63, 3.8) is 0 Å².